The molecule has 0 aliphatic heterocycles. The summed E-state index contributed by atoms with van der Waals surface area (Å²) in [5.41, 5.74) is 0.371. The first-order chi connectivity index (χ1) is 10.7. The van der Waals surface area contributed by atoms with Gasteiger partial charge in [0.1, 0.15) is 4.90 Å². The van der Waals surface area contributed by atoms with E-state index in [0.717, 1.165) is 12.8 Å². The number of benzene rings is 1. The van der Waals surface area contributed by atoms with E-state index >= 15 is 0 Å². The average molecular weight is 342 g/mol. The van der Waals surface area contributed by atoms with Crippen LogP contribution in [-0.2, 0) is 10.0 Å². The molecule has 7 heteroatoms. The Morgan fingerprint density at radius 3 is 2.43 bits per heavy atom. The molecule has 1 rings (SSSR count). The van der Waals surface area contributed by atoms with Gasteiger partial charge in [0.05, 0.1) is 11.3 Å². The quantitative estimate of drug-likeness (QED) is 0.641. The van der Waals surface area contributed by atoms with Crippen LogP contribution >= 0.6 is 0 Å². The van der Waals surface area contributed by atoms with Gasteiger partial charge in [-0.2, -0.15) is 0 Å². The molecule has 0 amide bonds. The Kier molecular flexibility index (Phi) is 7.02. The van der Waals surface area contributed by atoms with Gasteiger partial charge in [-0.1, -0.05) is 27.2 Å². The summed E-state index contributed by atoms with van der Waals surface area (Å²) in [5.74, 6) is -0.999. The number of carboxylic acids is 1. The van der Waals surface area contributed by atoms with Crippen LogP contribution in [0.2, 0.25) is 0 Å². The third-order valence-corrected chi connectivity index (χ3v) is 4.79. The van der Waals surface area contributed by atoms with Gasteiger partial charge in [-0.3, -0.25) is 0 Å². The number of hydrogen-bond acceptors (Lipinski definition) is 4. The van der Waals surface area contributed by atoms with Gasteiger partial charge in [-0.15, -0.1) is 0 Å². The predicted octanol–water partition coefficient (Wildman–Crippen LogP) is 2.92. The Hall–Kier alpha value is -1.60. The van der Waals surface area contributed by atoms with E-state index in [0.29, 0.717) is 12.2 Å². The number of hydrogen-bond donors (Lipinski definition) is 3. The second-order valence-corrected chi connectivity index (χ2v) is 7.83. The number of aromatic carboxylic acids is 1. The SMILES string of the molecule is CCC[C@H](C)Nc1ccc(C(=O)O)cc1S(=O)(=O)NCC(C)C. The highest BCUT2D eigenvalue weighted by atomic mass is 32.2. The van der Waals surface area contributed by atoms with Gasteiger partial charge in [-0.25, -0.2) is 17.9 Å². The van der Waals surface area contributed by atoms with E-state index < -0.39 is 16.0 Å². The first-order valence-corrected chi connectivity index (χ1v) is 9.29. The molecule has 130 valence electrons. The first kappa shape index (κ1) is 19.4. The molecular formula is C16H26N2O4S. The maximum Gasteiger partial charge on any atom is 0.335 e. The maximum atomic E-state index is 12.5. The van der Waals surface area contributed by atoms with Gasteiger partial charge in [0.15, 0.2) is 0 Å². The van der Waals surface area contributed by atoms with Crippen molar-refractivity contribution >= 4 is 21.7 Å². The van der Waals surface area contributed by atoms with Crippen LogP contribution in [0.4, 0.5) is 5.69 Å². The standard InChI is InChI=1S/C16H26N2O4S/c1-5-6-12(4)18-14-8-7-13(16(19)20)9-15(14)23(21,22)17-10-11(2)3/h7-9,11-12,17-18H,5-6,10H2,1-4H3,(H,19,20)/t12-/m0/s1. The lowest BCUT2D eigenvalue weighted by Crippen LogP contribution is -2.29. The summed E-state index contributed by atoms with van der Waals surface area (Å²) in [6.07, 6.45) is 1.86. The second-order valence-electron chi connectivity index (χ2n) is 6.10. The van der Waals surface area contributed by atoms with Gasteiger partial charge >= 0.3 is 5.97 Å². The van der Waals surface area contributed by atoms with Gasteiger partial charge in [-0.05, 0) is 37.5 Å². The molecule has 0 saturated carbocycles. The highest BCUT2D eigenvalue weighted by Gasteiger charge is 2.21. The molecule has 0 saturated heterocycles. The van der Waals surface area contributed by atoms with Crippen molar-refractivity contribution in [3.05, 3.63) is 23.8 Å². The van der Waals surface area contributed by atoms with Crippen molar-refractivity contribution in [2.24, 2.45) is 5.92 Å². The van der Waals surface area contributed by atoms with Gasteiger partial charge < -0.3 is 10.4 Å². The van der Waals surface area contributed by atoms with E-state index in [1.807, 2.05) is 27.7 Å². The zero-order valence-electron chi connectivity index (χ0n) is 14.1. The van der Waals surface area contributed by atoms with E-state index in [-0.39, 0.29) is 22.4 Å². The minimum absolute atomic E-state index is 0.0268. The topological polar surface area (TPSA) is 95.5 Å². The molecular weight excluding hydrogens is 316 g/mol. The van der Waals surface area contributed by atoms with Crippen LogP contribution < -0.4 is 10.0 Å². The van der Waals surface area contributed by atoms with Crippen molar-refractivity contribution in [1.82, 2.24) is 4.72 Å². The maximum absolute atomic E-state index is 12.5. The fraction of sp³-hybridized carbons (Fsp3) is 0.562. The summed E-state index contributed by atoms with van der Waals surface area (Å²) in [4.78, 5) is 11.1. The first-order valence-electron chi connectivity index (χ1n) is 7.81. The second kappa shape index (κ2) is 8.31. The normalized spacial score (nSPS) is 13.1. The third kappa shape index (κ3) is 5.84. The highest BCUT2D eigenvalue weighted by molar-refractivity contribution is 7.89. The summed E-state index contributed by atoms with van der Waals surface area (Å²) in [5, 5.41) is 12.3. The summed E-state index contributed by atoms with van der Waals surface area (Å²) in [7, 11) is -3.78. The van der Waals surface area contributed by atoms with Crippen molar-refractivity contribution in [2.75, 3.05) is 11.9 Å². The van der Waals surface area contributed by atoms with Crippen molar-refractivity contribution < 1.29 is 18.3 Å². The van der Waals surface area contributed by atoms with Gasteiger partial charge in [0.2, 0.25) is 10.0 Å². The Bertz CT molecular complexity index is 641. The average Bonchev–Trinajstić information content (AvgIpc) is 2.45. The number of sulfonamides is 1. The largest absolute Gasteiger partial charge is 0.478 e. The van der Waals surface area contributed by atoms with Crippen LogP contribution in [0.3, 0.4) is 0 Å². The summed E-state index contributed by atoms with van der Waals surface area (Å²) in [6.45, 7) is 8.11. The number of rotatable bonds is 9. The lowest BCUT2D eigenvalue weighted by molar-refractivity contribution is 0.0696. The fourth-order valence-electron chi connectivity index (χ4n) is 2.12. The third-order valence-electron chi connectivity index (χ3n) is 3.32. The van der Waals surface area contributed by atoms with E-state index in [9.17, 15) is 13.2 Å². The molecule has 1 aromatic rings. The zero-order valence-corrected chi connectivity index (χ0v) is 14.9. The molecule has 0 unspecified atom stereocenters. The number of carbonyl (C=O) groups is 1. The molecule has 0 radical (unpaired) electrons. The smallest absolute Gasteiger partial charge is 0.335 e. The number of nitrogens with one attached hydrogen (secondary N) is 2. The lowest BCUT2D eigenvalue weighted by atomic mass is 10.1. The Labute approximate surface area is 138 Å². The summed E-state index contributed by atoms with van der Waals surface area (Å²) >= 11 is 0. The molecule has 0 aromatic heterocycles. The molecule has 6 nitrogen and oxygen atoms in total. The van der Waals surface area contributed by atoms with Crippen LogP contribution in [0.1, 0.15) is 50.9 Å². The molecule has 0 heterocycles. The molecule has 0 aliphatic carbocycles. The number of anilines is 1. The molecule has 1 atom stereocenters. The van der Waals surface area contributed by atoms with Crippen molar-refractivity contribution in [1.29, 1.82) is 0 Å². The van der Waals surface area contributed by atoms with Crippen molar-refractivity contribution in [3.8, 4) is 0 Å². The Morgan fingerprint density at radius 1 is 1.26 bits per heavy atom. The van der Waals surface area contributed by atoms with Crippen LogP contribution in [0.5, 0.6) is 0 Å². The fourth-order valence-corrected chi connectivity index (χ4v) is 3.53. The van der Waals surface area contributed by atoms with E-state index in [1.54, 1.807) is 0 Å². The molecule has 0 aliphatic rings. The van der Waals surface area contributed by atoms with E-state index in [4.69, 9.17) is 5.11 Å². The zero-order chi connectivity index (χ0) is 17.6. The van der Waals surface area contributed by atoms with E-state index in [1.165, 1.54) is 18.2 Å². The predicted molar refractivity (Wildman–Crippen MR) is 91.4 cm³/mol. The van der Waals surface area contributed by atoms with Crippen LogP contribution in [0.15, 0.2) is 23.1 Å². The lowest BCUT2D eigenvalue weighted by Gasteiger charge is -2.19. The molecule has 1 aromatic carbocycles. The summed E-state index contributed by atoms with van der Waals surface area (Å²) in [6, 6.07) is 4.21. The molecule has 0 bridgehead atoms. The Morgan fingerprint density at radius 2 is 1.91 bits per heavy atom. The minimum atomic E-state index is -3.78. The van der Waals surface area contributed by atoms with Crippen LogP contribution in [-0.4, -0.2) is 32.1 Å². The van der Waals surface area contributed by atoms with Gasteiger partial charge in [0.25, 0.3) is 0 Å². The van der Waals surface area contributed by atoms with Crippen LogP contribution in [0.25, 0.3) is 0 Å². The molecule has 3 N–H and O–H groups in total. The molecule has 23 heavy (non-hydrogen) atoms. The monoisotopic (exact) mass is 342 g/mol. The van der Waals surface area contributed by atoms with Crippen molar-refractivity contribution in [2.45, 2.75) is 51.5 Å². The minimum Gasteiger partial charge on any atom is -0.478 e. The Balaban J connectivity index is 3.22. The summed E-state index contributed by atoms with van der Waals surface area (Å²) < 4.78 is 27.6. The van der Waals surface area contributed by atoms with Gasteiger partial charge in [0, 0.05) is 12.6 Å². The van der Waals surface area contributed by atoms with E-state index in [2.05, 4.69) is 10.0 Å². The highest BCUT2D eigenvalue weighted by Crippen LogP contribution is 2.24. The van der Waals surface area contributed by atoms with Crippen LogP contribution in [0, 0.1) is 5.92 Å². The van der Waals surface area contributed by atoms with Crippen molar-refractivity contribution in [3.63, 3.8) is 0 Å². The molecule has 0 fully saturated rings. The molecule has 0 spiro atoms. The number of carboxylic acid groups (broad SMARTS) is 1.